The Kier molecular flexibility index (Phi) is 4.05. The fraction of sp³-hybridized carbons (Fsp3) is 0.538. The Morgan fingerprint density at radius 1 is 1.35 bits per heavy atom. The number of aliphatic hydroxyl groups excluding tert-OH is 1. The van der Waals surface area contributed by atoms with Gasteiger partial charge < -0.3 is 9.84 Å². The minimum absolute atomic E-state index is 0.0523. The lowest BCUT2D eigenvalue weighted by atomic mass is 9.90. The summed E-state index contributed by atoms with van der Waals surface area (Å²) in [4.78, 5) is 2.23. The lowest BCUT2D eigenvalue weighted by Gasteiger charge is -2.42. The van der Waals surface area contributed by atoms with Gasteiger partial charge in [-0.1, -0.05) is 29.8 Å². The lowest BCUT2D eigenvalue weighted by Crippen LogP contribution is -2.51. The van der Waals surface area contributed by atoms with Crippen molar-refractivity contribution >= 4 is 11.6 Å². The van der Waals surface area contributed by atoms with Crippen LogP contribution in [0.25, 0.3) is 0 Å². The molecule has 0 bridgehead atoms. The molecule has 0 saturated carbocycles. The van der Waals surface area contributed by atoms with Crippen LogP contribution in [0.4, 0.5) is 0 Å². The van der Waals surface area contributed by atoms with Crippen LogP contribution < -0.4 is 0 Å². The molecule has 1 aliphatic heterocycles. The summed E-state index contributed by atoms with van der Waals surface area (Å²) in [5.41, 5.74) is 0.549. The van der Waals surface area contributed by atoms with E-state index < -0.39 is 5.54 Å². The normalized spacial score (nSPS) is 21.1. The van der Waals surface area contributed by atoms with Gasteiger partial charge in [-0.2, -0.15) is 0 Å². The first-order chi connectivity index (χ1) is 8.18. The maximum Gasteiger partial charge on any atom is 0.0681 e. The van der Waals surface area contributed by atoms with Crippen molar-refractivity contribution < 1.29 is 9.84 Å². The molecule has 0 spiro atoms. The highest BCUT2D eigenvalue weighted by molar-refractivity contribution is 6.31. The van der Waals surface area contributed by atoms with Crippen molar-refractivity contribution in [3.8, 4) is 0 Å². The molecule has 1 unspecified atom stereocenters. The van der Waals surface area contributed by atoms with E-state index in [1.54, 1.807) is 0 Å². The highest BCUT2D eigenvalue weighted by Crippen LogP contribution is 2.33. The quantitative estimate of drug-likeness (QED) is 0.895. The first kappa shape index (κ1) is 12.8. The van der Waals surface area contributed by atoms with Crippen LogP contribution in [-0.4, -0.2) is 42.9 Å². The summed E-state index contributed by atoms with van der Waals surface area (Å²) >= 11 is 6.24. The topological polar surface area (TPSA) is 32.7 Å². The van der Waals surface area contributed by atoms with E-state index in [-0.39, 0.29) is 6.61 Å². The number of halogens is 1. The number of aliphatic hydroxyl groups is 1. The predicted octanol–water partition coefficient (Wildman–Crippen LogP) is 1.88. The fourth-order valence-corrected chi connectivity index (χ4v) is 2.65. The lowest BCUT2D eigenvalue weighted by molar-refractivity contribution is -0.0392. The maximum atomic E-state index is 9.77. The molecule has 1 aliphatic rings. The van der Waals surface area contributed by atoms with Gasteiger partial charge in [0, 0.05) is 18.1 Å². The number of ether oxygens (including phenoxy) is 1. The summed E-state index contributed by atoms with van der Waals surface area (Å²) < 4.78 is 5.35. The van der Waals surface area contributed by atoms with E-state index in [0.717, 1.165) is 18.7 Å². The minimum atomic E-state index is -0.428. The van der Waals surface area contributed by atoms with Crippen molar-refractivity contribution in [3.63, 3.8) is 0 Å². The Hall–Kier alpha value is -0.610. The molecule has 0 radical (unpaired) electrons. The molecule has 1 aromatic rings. The predicted molar refractivity (Wildman–Crippen MR) is 68.3 cm³/mol. The number of morpholine rings is 1. The van der Waals surface area contributed by atoms with Gasteiger partial charge in [-0.05, 0) is 18.6 Å². The molecule has 17 heavy (non-hydrogen) atoms. The van der Waals surface area contributed by atoms with Crippen molar-refractivity contribution in [1.29, 1.82) is 0 Å². The van der Waals surface area contributed by atoms with Gasteiger partial charge in [0.25, 0.3) is 0 Å². The van der Waals surface area contributed by atoms with Crippen LogP contribution in [0.1, 0.15) is 12.5 Å². The number of hydrogen-bond acceptors (Lipinski definition) is 3. The van der Waals surface area contributed by atoms with Crippen LogP contribution in [0.15, 0.2) is 24.3 Å². The van der Waals surface area contributed by atoms with E-state index in [1.165, 1.54) is 0 Å². The van der Waals surface area contributed by atoms with Crippen LogP contribution in [0, 0.1) is 0 Å². The first-order valence-electron chi connectivity index (χ1n) is 5.87. The molecular formula is C13H18ClNO2. The summed E-state index contributed by atoms with van der Waals surface area (Å²) in [5, 5.41) is 10.5. The summed E-state index contributed by atoms with van der Waals surface area (Å²) in [7, 11) is 0. The van der Waals surface area contributed by atoms with Crippen LogP contribution >= 0.6 is 11.6 Å². The largest absolute Gasteiger partial charge is 0.394 e. The number of nitrogens with zero attached hydrogens (tertiary/aromatic N) is 1. The second-order valence-corrected chi connectivity index (χ2v) is 4.92. The summed E-state index contributed by atoms with van der Waals surface area (Å²) in [6, 6.07) is 7.71. The monoisotopic (exact) mass is 255 g/mol. The zero-order chi connectivity index (χ0) is 12.3. The molecule has 1 fully saturated rings. The molecule has 1 aromatic carbocycles. The molecule has 0 aromatic heterocycles. The summed E-state index contributed by atoms with van der Waals surface area (Å²) in [6.45, 7) is 5.14. The van der Waals surface area contributed by atoms with Gasteiger partial charge in [-0.15, -0.1) is 0 Å². The Balaban J connectivity index is 2.32. The molecule has 94 valence electrons. The Morgan fingerprint density at radius 2 is 2.00 bits per heavy atom. The SMILES string of the molecule is CC(CO)(c1ccccc1Cl)N1CCOCC1. The first-order valence-corrected chi connectivity index (χ1v) is 6.25. The molecule has 0 aliphatic carbocycles. The van der Waals surface area contributed by atoms with E-state index in [0.29, 0.717) is 18.2 Å². The van der Waals surface area contributed by atoms with Gasteiger partial charge in [0.05, 0.1) is 25.4 Å². The smallest absolute Gasteiger partial charge is 0.0681 e. The van der Waals surface area contributed by atoms with Crippen molar-refractivity contribution in [1.82, 2.24) is 4.90 Å². The molecule has 2 rings (SSSR count). The molecule has 1 heterocycles. The molecule has 3 nitrogen and oxygen atoms in total. The van der Waals surface area contributed by atoms with Crippen LogP contribution in [-0.2, 0) is 10.3 Å². The second-order valence-electron chi connectivity index (χ2n) is 4.51. The third kappa shape index (κ3) is 2.47. The van der Waals surface area contributed by atoms with Gasteiger partial charge in [0.15, 0.2) is 0 Å². The average molecular weight is 256 g/mol. The van der Waals surface area contributed by atoms with E-state index in [1.807, 2.05) is 31.2 Å². The van der Waals surface area contributed by atoms with Crippen molar-refractivity contribution in [2.45, 2.75) is 12.5 Å². The fourth-order valence-electron chi connectivity index (χ4n) is 2.31. The van der Waals surface area contributed by atoms with Crippen molar-refractivity contribution in [2.75, 3.05) is 32.9 Å². The van der Waals surface area contributed by atoms with Gasteiger partial charge in [0.2, 0.25) is 0 Å². The van der Waals surface area contributed by atoms with Gasteiger partial charge >= 0.3 is 0 Å². The van der Waals surface area contributed by atoms with Gasteiger partial charge in [0.1, 0.15) is 0 Å². The summed E-state index contributed by atoms with van der Waals surface area (Å²) in [5.74, 6) is 0. The molecule has 4 heteroatoms. The van der Waals surface area contributed by atoms with E-state index in [2.05, 4.69) is 4.90 Å². The zero-order valence-electron chi connectivity index (χ0n) is 10.0. The third-order valence-corrected chi connectivity index (χ3v) is 3.80. The number of benzene rings is 1. The second kappa shape index (κ2) is 5.36. The molecule has 1 saturated heterocycles. The molecular weight excluding hydrogens is 238 g/mol. The number of rotatable bonds is 3. The molecule has 1 atom stereocenters. The van der Waals surface area contributed by atoms with Crippen LogP contribution in [0.5, 0.6) is 0 Å². The molecule has 0 amide bonds. The van der Waals surface area contributed by atoms with Gasteiger partial charge in [-0.25, -0.2) is 0 Å². The zero-order valence-corrected chi connectivity index (χ0v) is 10.8. The highest BCUT2D eigenvalue weighted by Gasteiger charge is 2.35. The van der Waals surface area contributed by atoms with E-state index in [4.69, 9.17) is 16.3 Å². The Morgan fingerprint density at radius 3 is 2.59 bits per heavy atom. The maximum absolute atomic E-state index is 9.77. The Bertz CT molecular complexity index is 379. The van der Waals surface area contributed by atoms with Crippen molar-refractivity contribution in [3.05, 3.63) is 34.9 Å². The third-order valence-electron chi connectivity index (χ3n) is 3.47. The highest BCUT2D eigenvalue weighted by atomic mass is 35.5. The molecule has 1 N–H and O–H groups in total. The Labute approximate surface area is 107 Å². The van der Waals surface area contributed by atoms with Crippen LogP contribution in [0.3, 0.4) is 0 Å². The van der Waals surface area contributed by atoms with Crippen LogP contribution in [0.2, 0.25) is 5.02 Å². The number of hydrogen-bond donors (Lipinski definition) is 1. The standard InChI is InChI=1S/C13H18ClNO2/c1-13(10-16,15-6-8-17-9-7-15)11-4-2-3-5-12(11)14/h2-5,16H,6-10H2,1H3. The summed E-state index contributed by atoms with van der Waals surface area (Å²) in [6.07, 6.45) is 0. The van der Waals surface area contributed by atoms with E-state index in [9.17, 15) is 5.11 Å². The van der Waals surface area contributed by atoms with Gasteiger partial charge in [-0.3, -0.25) is 4.90 Å². The minimum Gasteiger partial charge on any atom is -0.394 e. The average Bonchev–Trinajstić information content (AvgIpc) is 2.39. The van der Waals surface area contributed by atoms with Crippen molar-refractivity contribution in [2.24, 2.45) is 0 Å². The van der Waals surface area contributed by atoms with E-state index >= 15 is 0 Å².